The predicted molar refractivity (Wildman–Crippen MR) is 90.4 cm³/mol. The van der Waals surface area contributed by atoms with Gasteiger partial charge < -0.3 is 9.84 Å². The van der Waals surface area contributed by atoms with Crippen LogP contribution < -0.4 is 4.72 Å². The van der Waals surface area contributed by atoms with Crippen LogP contribution in [0.5, 0.6) is 0 Å². The van der Waals surface area contributed by atoms with Gasteiger partial charge in [-0.05, 0) is 29.6 Å². The van der Waals surface area contributed by atoms with Crippen molar-refractivity contribution in [1.82, 2.24) is 0 Å². The van der Waals surface area contributed by atoms with E-state index in [1.807, 2.05) is 13.8 Å². The average molecular weight is 355 g/mol. The molecule has 1 aromatic heterocycles. The monoisotopic (exact) mass is 355 g/mol. The summed E-state index contributed by atoms with van der Waals surface area (Å²) >= 11 is 1.16. The van der Waals surface area contributed by atoms with Crippen molar-refractivity contribution in [3.05, 3.63) is 46.2 Å². The third kappa shape index (κ3) is 4.90. The van der Waals surface area contributed by atoms with Gasteiger partial charge in [-0.25, -0.2) is 13.8 Å². The summed E-state index contributed by atoms with van der Waals surface area (Å²) in [6.45, 7) is 4.00. The van der Waals surface area contributed by atoms with Gasteiger partial charge in [0.25, 0.3) is 0 Å². The Kier molecular flexibility index (Phi) is 7.43. The number of anilines is 1. The molecule has 2 aromatic rings. The van der Waals surface area contributed by atoms with Crippen molar-refractivity contribution >= 4 is 39.9 Å². The van der Waals surface area contributed by atoms with Gasteiger partial charge in [0.1, 0.15) is 15.9 Å². The van der Waals surface area contributed by atoms with Gasteiger partial charge in [0.2, 0.25) is 0 Å². The standard InChI is InChI=1S/C13H11NO5S2.C2H6/c1-19-13(17)11-10(5-6-20-11)14-21(18)9-4-2-3-8(7-9)12(15)16;1-2/h2-7,14H,1H3,(H,15,16);1-2H3. The number of nitrogens with one attached hydrogen (secondary N) is 1. The second kappa shape index (κ2) is 9.06. The third-order valence-electron chi connectivity index (χ3n) is 2.53. The van der Waals surface area contributed by atoms with Crippen LogP contribution in [-0.2, 0) is 15.7 Å². The fourth-order valence-electron chi connectivity index (χ4n) is 1.54. The summed E-state index contributed by atoms with van der Waals surface area (Å²) in [5.41, 5.74) is 0.423. The molecule has 0 saturated heterocycles. The molecular weight excluding hydrogens is 338 g/mol. The summed E-state index contributed by atoms with van der Waals surface area (Å²) in [5, 5.41) is 10.6. The number of carbonyl (C=O) groups is 2. The van der Waals surface area contributed by atoms with Crippen molar-refractivity contribution in [3.8, 4) is 0 Å². The van der Waals surface area contributed by atoms with Crippen LogP contribution in [0.25, 0.3) is 0 Å². The van der Waals surface area contributed by atoms with Crippen LogP contribution in [0.3, 0.4) is 0 Å². The molecule has 0 aliphatic heterocycles. The molecule has 23 heavy (non-hydrogen) atoms. The van der Waals surface area contributed by atoms with Crippen LogP contribution in [0.2, 0.25) is 0 Å². The number of esters is 1. The molecule has 1 unspecified atom stereocenters. The first-order valence-corrected chi connectivity index (χ1v) is 8.73. The van der Waals surface area contributed by atoms with Gasteiger partial charge in [-0.1, -0.05) is 19.9 Å². The lowest BCUT2D eigenvalue weighted by molar-refractivity contribution is 0.0606. The number of ether oxygens (including phenoxy) is 1. The highest BCUT2D eigenvalue weighted by atomic mass is 32.2. The van der Waals surface area contributed by atoms with Gasteiger partial charge in [-0.3, -0.25) is 4.72 Å². The molecule has 0 spiro atoms. The Morgan fingerprint density at radius 1 is 1.26 bits per heavy atom. The summed E-state index contributed by atoms with van der Waals surface area (Å²) in [6.07, 6.45) is 0. The first-order valence-electron chi connectivity index (χ1n) is 6.70. The Morgan fingerprint density at radius 2 is 1.96 bits per heavy atom. The van der Waals surface area contributed by atoms with Crippen molar-refractivity contribution in [2.24, 2.45) is 0 Å². The van der Waals surface area contributed by atoms with Crippen molar-refractivity contribution < 1.29 is 23.6 Å². The maximum Gasteiger partial charge on any atom is 0.350 e. The van der Waals surface area contributed by atoms with E-state index < -0.39 is 22.9 Å². The van der Waals surface area contributed by atoms with E-state index in [9.17, 15) is 13.8 Å². The fraction of sp³-hybridized carbons (Fsp3) is 0.200. The zero-order valence-corrected chi connectivity index (χ0v) is 14.5. The van der Waals surface area contributed by atoms with Crippen molar-refractivity contribution in [3.63, 3.8) is 0 Å². The average Bonchev–Trinajstić information content (AvgIpc) is 3.04. The van der Waals surface area contributed by atoms with Gasteiger partial charge in [0, 0.05) is 0 Å². The molecule has 0 radical (unpaired) electrons. The van der Waals surface area contributed by atoms with E-state index in [4.69, 9.17) is 5.11 Å². The minimum Gasteiger partial charge on any atom is -0.478 e. The molecular formula is C15H17NO5S2. The van der Waals surface area contributed by atoms with Crippen LogP contribution in [0.4, 0.5) is 5.69 Å². The topological polar surface area (TPSA) is 92.7 Å². The highest BCUT2D eigenvalue weighted by Crippen LogP contribution is 2.24. The largest absolute Gasteiger partial charge is 0.478 e. The number of methoxy groups -OCH3 is 1. The van der Waals surface area contributed by atoms with Crippen LogP contribution in [0.15, 0.2) is 40.6 Å². The number of carboxylic acids is 1. The molecule has 0 aliphatic carbocycles. The molecule has 2 N–H and O–H groups in total. The molecule has 6 nitrogen and oxygen atoms in total. The number of thiophene rings is 1. The van der Waals surface area contributed by atoms with Gasteiger partial charge in [0.15, 0.2) is 0 Å². The van der Waals surface area contributed by atoms with E-state index in [2.05, 4.69) is 9.46 Å². The minimum atomic E-state index is -1.68. The number of hydrogen-bond acceptors (Lipinski definition) is 5. The van der Waals surface area contributed by atoms with Gasteiger partial charge in [0.05, 0.1) is 23.3 Å². The van der Waals surface area contributed by atoms with Crippen molar-refractivity contribution in [2.45, 2.75) is 18.7 Å². The molecule has 0 bridgehead atoms. The molecule has 1 heterocycles. The highest BCUT2D eigenvalue weighted by molar-refractivity contribution is 7.86. The number of aromatic carboxylic acids is 1. The first kappa shape index (κ1) is 18.9. The zero-order chi connectivity index (χ0) is 17.4. The smallest absolute Gasteiger partial charge is 0.350 e. The summed E-state index contributed by atoms with van der Waals surface area (Å²) in [6, 6.07) is 7.38. The lowest BCUT2D eigenvalue weighted by Gasteiger charge is -2.07. The normalized spacial score (nSPS) is 10.9. The maximum atomic E-state index is 12.2. The summed E-state index contributed by atoms with van der Waals surface area (Å²) in [7, 11) is -0.420. The quantitative estimate of drug-likeness (QED) is 0.802. The summed E-state index contributed by atoms with van der Waals surface area (Å²) < 4.78 is 19.5. The van der Waals surface area contributed by atoms with Crippen LogP contribution in [0.1, 0.15) is 33.9 Å². The Hall–Kier alpha value is -2.19. The lowest BCUT2D eigenvalue weighted by Crippen LogP contribution is -2.09. The molecule has 0 aliphatic rings. The predicted octanol–water partition coefficient (Wildman–Crippen LogP) is 3.39. The first-order chi connectivity index (χ1) is 11.0. The number of rotatable bonds is 5. The van der Waals surface area contributed by atoms with Crippen LogP contribution in [0, 0.1) is 0 Å². The van der Waals surface area contributed by atoms with E-state index in [0.29, 0.717) is 15.5 Å². The number of hydrogen-bond donors (Lipinski definition) is 2. The maximum absolute atomic E-state index is 12.2. The molecule has 0 saturated carbocycles. The highest BCUT2D eigenvalue weighted by Gasteiger charge is 2.16. The van der Waals surface area contributed by atoms with Gasteiger partial charge in [-0.2, -0.15) is 0 Å². The number of benzene rings is 1. The summed E-state index contributed by atoms with van der Waals surface area (Å²) in [4.78, 5) is 23.0. The van der Waals surface area contributed by atoms with Crippen molar-refractivity contribution in [2.75, 3.05) is 11.8 Å². The number of carboxylic acid groups (broad SMARTS) is 1. The van der Waals surface area contributed by atoms with E-state index >= 15 is 0 Å². The third-order valence-corrected chi connectivity index (χ3v) is 4.52. The molecule has 2 rings (SSSR count). The second-order valence-electron chi connectivity index (χ2n) is 3.86. The van der Waals surface area contributed by atoms with E-state index in [0.717, 1.165) is 11.3 Å². The Morgan fingerprint density at radius 3 is 2.57 bits per heavy atom. The Labute approximate surface area is 140 Å². The molecule has 124 valence electrons. The molecule has 1 aromatic carbocycles. The van der Waals surface area contributed by atoms with Crippen molar-refractivity contribution in [1.29, 1.82) is 0 Å². The molecule has 1 atom stereocenters. The van der Waals surface area contributed by atoms with Crippen LogP contribution >= 0.6 is 11.3 Å². The number of carbonyl (C=O) groups excluding carboxylic acids is 1. The Bertz CT molecular complexity index is 711. The van der Waals surface area contributed by atoms with E-state index in [1.54, 1.807) is 17.5 Å². The summed E-state index contributed by atoms with van der Waals surface area (Å²) in [5.74, 6) is -1.62. The molecule has 0 amide bonds. The minimum absolute atomic E-state index is 0.0427. The van der Waals surface area contributed by atoms with Crippen LogP contribution in [-0.4, -0.2) is 28.4 Å². The fourth-order valence-corrected chi connectivity index (χ4v) is 3.30. The molecule has 8 heteroatoms. The Balaban J connectivity index is 0.00000127. The zero-order valence-electron chi connectivity index (χ0n) is 12.9. The van der Waals surface area contributed by atoms with E-state index in [1.165, 1.54) is 25.3 Å². The lowest BCUT2D eigenvalue weighted by atomic mass is 10.2. The SMILES string of the molecule is CC.COC(=O)c1sccc1NS(=O)c1cccc(C(=O)O)c1. The molecule has 0 fully saturated rings. The van der Waals surface area contributed by atoms with Gasteiger partial charge >= 0.3 is 11.9 Å². The van der Waals surface area contributed by atoms with E-state index in [-0.39, 0.29) is 5.56 Å². The van der Waals surface area contributed by atoms with Gasteiger partial charge in [-0.15, -0.1) is 11.3 Å². The second-order valence-corrected chi connectivity index (χ2v) is 5.99.